The van der Waals surface area contributed by atoms with Crippen LogP contribution >= 0.6 is 0 Å². The lowest BCUT2D eigenvalue weighted by Crippen LogP contribution is -2.29. The van der Waals surface area contributed by atoms with Crippen molar-refractivity contribution < 1.29 is 4.74 Å². The second-order valence-electron chi connectivity index (χ2n) is 9.73. The van der Waals surface area contributed by atoms with Gasteiger partial charge in [-0.2, -0.15) is 10.2 Å². The minimum Gasteiger partial charge on any atom is -0.494 e. The molecule has 2 aromatic heterocycles. The predicted molar refractivity (Wildman–Crippen MR) is 149 cm³/mol. The van der Waals surface area contributed by atoms with Crippen LogP contribution in [0.15, 0.2) is 47.4 Å². The number of nitrogens with zero attached hydrogens (tertiary/aromatic N) is 7. The SMILES string of the molecule is COc1cc(N(C)CCN(C)C)c(N)cc1Nc1nccc(-n2c(=O)n(C3CC3)c3cc(C#N)ccc32)n1. The van der Waals surface area contributed by atoms with Crippen molar-refractivity contribution in [2.45, 2.75) is 18.9 Å². The van der Waals surface area contributed by atoms with Crippen LogP contribution < -0.4 is 26.4 Å². The van der Waals surface area contributed by atoms with Crippen molar-refractivity contribution in [1.29, 1.82) is 5.26 Å². The fourth-order valence-electron chi connectivity index (χ4n) is 4.50. The van der Waals surface area contributed by atoms with Gasteiger partial charge >= 0.3 is 5.69 Å². The normalized spacial score (nSPS) is 13.1. The Morgan fingerprint density at radius 1 is 1.16 bits per heavy atom. The number of nitrogen functional groups attached to an aromatic ring is 1. The van der Waals surface area contributed by atoms with Gasteiger partial charge in [0.15, 0.2) is 0 Å². The summed E-state index contributed by atoms with van der Waals surface area (Å²) >= 11 is 0. The van der Waals surface area contributed by atoms with Gasteiger partial charge in [-0.3, -0.25) is 4.57 Å². The van der Waals surface area contributed by atoms with Gasteiger partial charge in [0.25, 0.3) is 0 Å². The quantitative estimate of drug-likeness (QED) is 0.324. The van der Waals surface area contributed by atoms with Gasteiger partial charge in [-0.15, -0.1) is 0 Å². The van der Waals surface area contributed by atoms with Crippen LogP contribution in [0.1, 0.15) is 24.4 Å². The largest absolute Gasteiger partial charge is 0.494 e. The maximum absolute atomic E-state index is 13.5. The Morgan fingerprint density at radius 2 is 1.95 bits per heavy atom. The third kappa shape index (κ3) is 4.73. The van der Waals surface area contributed by atoms with Gasteiger partial charge in [-0.25, -0.2) is 14.3 Å². The molecule has 3 N–H and O–H groups in total. The molecule has 1 saturated carbocycles. The predicted octanol–water partition coefficient (Wildman–Crippen LogP) is 3.12. The number of methoxy groups -OCH3 is 1. The number of rotatable bonds is 9. The molecule has 11 heteroatoms. The first-order valence-corrected chi connectivity index (χ1v) is 12.4. The van der Waals surface area contributed by atoms with Crippen LogP contribution in [0, 0.1) is 11.3 Å². The molecule has 0 amide bonds. The number of likely N-dealkylation sites (N-methyl/N-ethyl adjacent to an activating group) is 2. The van der Waals surface area contributed by atoms with E-state index in [4.69, 9.17) is 10.5 Å². The number of ether oxygens (including phenoxy) is 1. The maximum Gasteiger partial charge on any atom is 0.335 e. The van der Waals surface area contributed by atoms with Gasteiger partial charge in [0.05, 0.1) is 46.8 Å². The zero-order valence-corrected chi connectivity index (χ0v) is 22.0. The van der Waals surface area contributed by atoms with Crippen molar-refractivity contribution in [3.05, 3.63) is 58.6 Å². The van der Waals surface area contributed by atoms with E-state index in [0.29, 0.717) is 40.0 Å². The highest BCUT2D eigenvalue weighted by Gasteiger charge is 2.29. The van der Waals surface area contributed by atoms with Crippen LogP contribution in [0.2, 0.25) is 0 Å². The van der Waals surface area contributed by atoms with Crippen LogP contribution in [0.25, 0.3) is 16.9 Å². The van der Waals surface area contributed by atoms with E-state index in [0.717, 1.165) is 37.1 Å². The number of aromatic nitrogens is 4. The van der Waals surface area contributed by atoms with Gasteiger partial charge in [-0.05, 0) is 51.2 Å². The summed E-state index contributed by atoms with van der Waals surface area (Å²) in [5.74, 6) is 1.31. The Bertz CT molecular complexity index is 1590. The molecule has 0 saturated heterocycles. The summed E-state index contributed by atoms with van der Waals surface area (Å²) in [4.78, 5) is 26.7. The number of nitrogens with one attached hydrogen (secondary N) is 1. The van der Waals surface area contributed by atoms with E-state index in [2.05, 4.69) is 31.2 Å². The van der Waals surface area contributed by atoms with E-state index in [1.165, 1.54) is 0 Å². The van der Waals surface area contributed by atoms with E-state index >= 15 is 0 Å². The Morgan fingerprint density at radius 3 is 2.63 bits per heavy atom. The Labute approximate surface area is 220 Å². The van der Waals surface area contributed by atoms with Crippen LogP contribution in [0.5, 0.6) is 5.75 Å². The minimum absolute atomic E-state index is 0.140. The molecule has 0 aliphatic heterocycles. The summed E-state index contributed by atoms with van der Waals surface area (Å²) in [5, 5.41) is 12.6. The smallest absolute Gasteiger partial charge is 0.335 e. The van der Waals surface area contributed by atoms with Crippen molar-refractivity contribution in [3.63, 3.8) is 0 Å². The summed E-state index contributed by atoms with van der Waals surface area (Å²) in [6, 6.07) is 12.9. The number of imidazole rings is 1. The summed E-state index contributed by atoms with van der Waals surface area (Å²) < 4.78 is 8.97. The monoisotopic (exact) mass is 513 g/mol. The second kappa shape index (κ2) is 10.1. The highest BCUT2D eigenvalue weighted by molar-refractivity contribution is 5.81. The fraction of sp³-hybridized carbons (Fsp3) is 0.333. The third-order valence-corrected chi connectivity index (χ3v) is 6.67. The highest BCUT2D eigenvalue weighted by atomic mass is 16.5. The molecule has 4 aromatic rings. The molecule has 0 spiro atoms. The fourth-order valence-corrected chi connectivity index (χ4v) is 4.50. The standard InChI is InChI=1S/C27H31N9O2/c1-33(2)11-12-34(3)22-15-24(38-4)20(14-19(22)29)31-26-30-10-9-25(32-26)36-21-8-5-17(16-28)13-23(21)35(27(36)37)18-6-7-18/h5,8-10,13-15,18H,6-7,11-12,29H2,1-4H3,(H,30,31,32). The van der Waals surface area contributed by atoms with Gasteiger partial charge in [0.1, 0.15) is 11.6 Å². The number of hydrogen-bond acceptors (Lipinski definition) is 9. The second-order valence-corrected chi connectivity index (χ2v) is 9.73. The average Bonchev–Trinajstić information content (AvgIpc) is 3.69. The number of anilines is 4. The van der Waals surface area contributed by atoms with E-state index in [1.807, 2.05) is 27.2 Å². The molecule has 5 rings (SSSR count). The number of nitriles is 1. The summed E-state index contributed by atoms with van der Waals surface area (Å²) in [5.41, 5.74) is 10.2. The molecule has 0 bridgehead atoms. The van der Waals surface area contributed by atoms with Crippen LogP contribution in [0.3, 0.4) is 0 Å². The lowest BCUT2D eigenvalue weighted by Gasteiger charge is -2.24. The van der Waals surface area contributed by atoms with Gasteiger partial charge in [0, 0.05) is 44.5 Å². The van der Waals surface area contributed by atoms with Crippen molar-refractivity contribution in [1.82, 2.24) is 24.0 Å². The van der Waals surface area contributed by atoms with Crippen molar-refractivity contribution in [2.75, 3.05) is 57.3 Å². The van der Waals surface area contributed by atoms with Gasteiger partial charge < -0.3 is 25.6 Å². The molecule has 0 atom stereocenters. The number of nitrogens with two attached hydrogens (primary N) is 1. The Hall–Kier alpha value is -4.56. The third-order valence-electron chi connectivity index (χ3n) is 6.67. The molecule has 2 aromatic carbocycles. The lowest BCUT2D eigenvalue weighted by molar-refractivity contribution is 0.413. The topological polar surface area (TPSA) is 130 Å². The first-order valence-electron chi connectivity index (χ1n) is 12.4. The van der Waals surface area contributed by atoms with Crippen LogP contribution in [-0.4, -0.2) is 65.3 Å². The van der Waals surface area contributed by atoms with Crippen molar-refractivity contribution in [3.8, 4) is 17.6 Å². The highest BCUT2D eigenvalue weighted by Crippen LogP contribution is 2.38. The summed E-state index contributed by atoms with van der Waals surface area (Å²) in [7, 11) is 7.64. The first kappa shape index (κ1) is 25.1. The molecule has 2 heterocycles. The molecule has 0 radical (unpaired) electrons. The number of benzene rings is 2. The summed E-state index contributed by atoms with van der Waals surface area (Å²) in [6.45, 7) is 1.69. The van der Waals surface area contributed by atoms with Crippen LogP contribution in [0.4, 0.5) is 23.0 Å². The van der Waals surface area contributed by atoms with Crippen LogP contribution in [-0.2, 0) is 0 Å². The zero-order valence-electron chi connectivity index (χ0n) is 22.0. The molecule has 1 aliphatic carbocycles. The van der Waals surface area contributed by atoms with Gasteiger partial charge in [-0.1, -0.05) is 0 Å². The van der Waals surface area contributed by atoms with Gasteiger partial charge in [0.2, 0.25) is 5.95 Å². The molecular formula is C27H31N9O2. The average molecular weight is 514 g/mol. The van der Waals surface area contributed by atoms with E-state index < -0.39 is 0 Å². The molecule has 1 fully saturated rings. The lowest BCUT2D eigenvalue weighted by atomic mass is 10.2. The zero-order chi connectivity index (χ0) is 27.0. The first-order chi connectivity index (χ1) is 18.3. The minimum atomic E-state index is -0.186. The molecular weight excluding hydrogens is 482 g/mol. The molecule has 0 unspecified atom stereocenters. The van der Waals surface area contributed by atoms with E-state index in [9.17, 15) is 10.1 Å². The maximum atomic E-state index is 13.5. The summed E-state index contributed by atoms with van der Waals surface area (Å²) in [6.07, 6.45) is 3.47. The molecule has 1 aliphatic rings. The number of hydrogen-bond donors (Lipinski definition) is 2. The molecule has 38 heavy (non-hydrogen) atoms. The van der Waals surface area contributed by atoms with Crippen molar-refractivity contribution in [2.24, 2.45) is 0 Å². The Balaban J connectivity index is 1.50. The van der Waals surface area contributed by atoms with E-state index in [1.54, 1.807) is 52.8 Å². The van der Waals surface area contributed by atoms with Crippen molar-refractivity contribution >= 4 is 34.0 Å². The molecule has 196 valence electrons. The molecule has 11 nitrogen and oxygen atoms in total. The number of fused-ring (bicyclic) bond motifs is 1. The van der Waals surface area contributed by atoms with E-state index in [-0.39, 0.29) is 11.7 Å². The Kier molecular flexibility index (Phi) is 6.65.